The maximum atomic E-state index is 11.4. The van der Waals surface area contributed by atoms with E-state index in [2.05, 4.69) is 0 Å². The summed E-state index contributed by atoms with van der Waals surface area (Å²) >= 11 is 0. The van der Waals surface area contributed by atoms with Gasteiger partial charge in [0.1, 0.15) is 16.4 Å². The van der Waals surface area contributed by atoms with Crippen molar-refractivity contribution in [3.05, 3.63) is 59.7 Å². The van der Waals surface area contributed by atoms with Crippen molar-refractivity contribution in [1.29, 1.82) is 0 Å². The summed E-state index contributed by atoms with van der Waals surface area (Å²) < 4.78 is 33.9. The second-order valence-corrected chi connectivity index (χ2v) is 7.57. The van der Waals surface area contributed by atoms with E-state index >= 15 is 0 Å². The molecule has 1 unspecified atom stereocenters. The molecule has 23 heavy (non-hydrogen) atoms. The van der Waals surface area contributed by atoms with Crippen LogP contribution in [-0.4, -0.2) is 27.5 Å². The van der Waals surface area contributed by atoms with Crippen LogP contribution < -0.4 is 15.2 Å². The summed E-state index contributed by atoms with van der Waals surface area (Å²) in [5.41, 5.74) is 7.70. The highest BCUT2D eigenvalue weighted by Crippen LogP contribution is 2.30. The smallest absolute Gasteiger partial charge is 0.161 e. The van der Waals surface area contributed by atoms with Crippen LogP contribution in [0.1, 0.15) is 17.2 Å². The summed E-state index contributed by atoms with van der Waals surface area (Å²) in [6, 6.07) is 14.4. The molecule has 6 heteroatoms. The molecular weight excluding hydrogens is 314 g/mol. The van der Waals surface area contributed by atoms with Gasteiger partial charge in [-0.05, 0) is 23.3 Å². The van der Waals surface area contributed by atoms with E-state index in [9.17, 15) is 8.42 Å². The molecule has 2 aromatic rings. The molecule has 5 nitrogen and oxygen atoms in total. The number of ether oxygens (including phenoxy) is 2. The number of sulfone groups is 1. The number of hydrogen-bond acceptors (Lipinski definition) is 5. The van der Waals surface area contributed by atoms with Gasteiger partial charge in [0.05, 0.1) is 12.9 Å². The lowest BCUT2D eigenvalue weighted by molar-refractivity contribution is 0.284. The lowest BCUT2D eigenvalue weighted by atomic mass is 10.1. The van der Waals surface area contributed by atoms with E-state index in [1.54, 1.807) is 25.3 Å². The zero-order valence-corrected chi connectivity index (χ0v) is 14.0. The molecule has 0 heterocycles. The van der Waals surface area contributed by atoms with Gasteiger partial charge in [0.25, 0.3) is 0 Å². The minimum atomic E-state index is -3.15. The number of nitrogens with two attached hydrogens (primary N) is 1. The van der Waals surface area contributed by atoms with Crippen molar-refractivity contribution in [3.63, 3.8) is 0 Å². The van der Waals surface area contributed by atoms with Gasteiger partial charge in [0.15, 0.2) is 11.5 Å². The number of rotatable bonds is 7. The van der Waals surface area contributed by atoms with E-state index in [1.807, 2.05) is 30.3 Å². The quantitative estimate of drug-likeness (QED) is 0.840. The van der Waals surface area contributed by atoms with Gasteiger partial charge in [-0.25, -0.2) is 8.42 Å². The summed E-state index contributed by atoms with van der Waals surface area (Å²) in [6.07, 6.45) is 1.17. The van der Waals surface area contributed by atoms with Crippen molar-refractivity contribution >= 4 is 9.84 Å². The van der Waals surface area contributed by atoms with E-state index < -0.39 is 15.9 Å². The lowest BCUT2D eigenvalue weighted by Crippen LogP contribution is -2.20. The van der Waals surface area contributed by atoms with Crippen LogP contribution in [-0.2, 0) is 16.4 Å². The molecule has 0 spiro atoms. The Bertz CT molecular complexity index is 744. The van der Waals surface area contributed by atoms with E-state index in [-0.39, 0.29) is 5.75 Å². The van der Waals surface area contributed by atoms with Crippen molar-refractivity contribution in [2.75, 3.05) is 19.1 Å². The van der Waals surface area contributed by atoms with E-state index in [4.69, 9.17) is 15.2 Å². The normalized spacial score (nSPS) is 12.7. The largest absolute Gasteiger partial charge is 0.493 e. The highest BCUT2D eigenvalue weighted by atomic mass is 32.2. The second-order valence-electron chi connectivity index (χ2n) is 5.38. The fraction of sp³-hybridized carbons (Fsp3) is 0.294. The van der Waals surface area contributed by atoms with Crippen LogP contribution in [0, 0.1) is 0 Å². The molecule has 0 aromatic heterocycles. The topological polar surface area (TPSA) is 78.6 Å². The van der Waals surface area contributed by atoms with Crippen LogP contribution >= 0.6 is 0 Å². The Morgan fingerprint density at radius 1 is 1.09 bits per heavy atom. The van der Waals surface area contributed by atoms with Crippen LogP contribution in [0.2, 0.25) is 0 Å². The zero-order valence-electron chi connectivity index (χ0n) is 13.2. The SMILES string of the molecule is COc1ccc(C(N)CS(C)(=O)=O)cc1OCc1ccccc1. The maximum absolute atomic E-state index is 11.4. The van der Waals surface area contributed by atoms with Crippen molar-refractivity contribution in [2.45, 2.75) is 12.6 Å². The predicted molar refractivity (Wildman–Crippen MR) is 90.4 cm³/mol. The van der Waals surface area contributed by atoms with E-state index in [0.29, 0.717) is 23.7 Å². The van der Waals surface area contributed by atoms with Crippen LogP contribution in [0.5, 0.6) is 11.5 Å². The van der Waals surface area contributed by atoms with Crippen molar-refractivity contribution in [1.82, 2.24) is 0 Å². The minimum Gasteiger partial charge on any atom is -0.493 e. The molecule has 0 saturated carbocycles. The molecule has 0 aliphatic carbocycles. The van der Waals surface area contributed by atoms with Gasteiger partial charge in [-0.1, -0.05) is 36.4 Å². The molecule has 0 aliphatic heterocycles. The van der Waals surface area contributed by atoms with Gasteiger partial charge in [-0.2, -0.15) is 0 Å². The van der Waals surface area contributed by atoms with Crippen molar-refractivity contribution < 1.29 is 17.9 Å². The van der Waals surface area contributed by atoms with Gasteiger partial charge < -0.3 is 15.2 Å². The van der Waals surface area contributed by atoms with Crippen LogP contribution in [0.15, 0.2) is 48.5 Å². The number of hydrogen-bond donors (Lipinski definition) is 1. The van der Waals surface area contributed by atoms with Gasteiger partial charge in [0.2, 0.25) is 0 Å². The predicted octanol–water partition coefficient (Wildman–Crippen LogP) is 2.32. The molecular formula is C17H21NO4S. The third-order valence-electron chi connectivity index (χ3n) is 3.34. The molecule has 1 atom stereocenters. The monoisotopic (exact) mass is 335 g/mol. The van der Waals surface area contributed by atoms with Gasteiger partial charge in [-0.3, -0.25) is 0 Å². The minimum absolute atomic E-state index is 0.114. The highest BCUT2D eigenvalue weighted by molar-refractivity contribution is 7.90. The Morgan fingerprint density at radius 3 is 2.39 bits per heavy atom. The Morgan fingerprint density at radius 2 is 1.78 bits per heavy atom. The Kier molecular flexibility index (Phi) is 5.63. The Balaban J connectivity index is 2.18. The summed E-state index contributed by atoms with van der Waals surface area (Å²) in [5.74, 6) is 1.01. The fourth-order valence-corrected chi connectivity index (χ4v) is 3.04. The standard InChI is InChI=1S/C17H21NO4S/c1-21-16-9-8-14(15(18)12-23(2,19)20)10-17(16)22-11-13-6-4-3-5-7-13/h3-10,15H,11-12,18H2,1-2H3. The first-order valence-electron chi connectivity index (χ1n) is 7.17. The fourth-order valence-electron chi connectivity index (χ4n) is 2.19. The third kappa shape index (κ3) is 5.26. The summed E-state index contributed by atoms with van der Waals surface area (Å²) in [4.78, 5) is 0. The van der Waals surface area contributed by atoms with Crippen LogP contribution in [0.25, 0.3) is 0 Å². The first-order chi connectivity index (χ1) is 10.9. The molecule has 0 saturated heterocycles. The molecule has 0 aliphatic rings. The average Bonchev–Trinajstić information content (AvgIpc) is 2.52. The molecule has 0 bridgehead atoms. The zero-order chi connectivity index (χ0) is 16.9. The first kappa shape index (κ1) is 17.3. The average molecular weight is 335 g/mol. The maximum Gasteiger partial charge on any atom is 0.161 e. The van der Waals surface area contributed by atoms with Gasteiger partial charge in [0, 0.05) is 12.3 Å². The second kappa shape index (κ2) is 7.48. The lowest BCUT2D eigenvalue weighted by Gasteiger charge is -2.15. The number of methoxy groups -OCH3 is 1. The Hall–Kier alpha value is -2.05. The molecule has 0 fully saturated rings. The third-order valence-corrected chi connectivity index (χ3v) is 4.30. The number of benzene rings is 2. The van der Waals surface area contributed by atoms with Crippen LogP contribution in [0.3, 0.4) is 0 Å². The van der Waals surface area contributed by atoms with E-state index in [0.717, 1.165) is 5.56 Å². The summed E-state index contributed by atoms with van der Waals surface area (Å²) in [5, 5.41) is 0. The van der Waals surface area contributed by atoms with Gasteiger partial charge in [-0.15, -0.1) is 0 Å². The van der Waals surface area contributed by atoms with Crippen molar-refractivity contribution in [3.8, 4) is 11.5 Å². The van der Waals surface area contributed by atoms with Gasteiger partial charge >= 0.3 is 0 Å². The van der Waals surface area contributed by atoms with Crippen LogP contribution in [0.4, 0.5) is 0 Å². The molecule has 2 rings (SSSR count). The highest BCUT2D eigenvalue weighted by Gasteiger charge is 2.15. The molecule has 0 amide bonds. The Labute approximate surface area is 137 Å². The van der Waals surface area contributed by atoms with E-state index in [1.165, 1.54) is 6.26 Å². The van der Waals surface area contributed by atoms with Crippen molar-refractivity contribution in [2.24, 2.45) is 5.73 Å². The summed E-state index contributed by atoms with van der Waals surface area (Å²) in [6.45, 7) is 0.391. The molecule has 2 aromatic carbocycles. The molecule has 124 valence electrons. The molecule has 2 N–H and O–H groups in total. The summed E-state index contributed by atoms with van der Waals surface area (Å²) in [7, 11) is -1.60. The first-order valence-corrected chi connectivity index (χ1v) is 9.23. The molecule has 0 radical (unpaired) electrons.